The van der Waals surface area contributed by atoms with E-state index in [2.05, 4.69) is 240 Å². The molecule has 0 fully saturated rings. The fourth-order valence-corrected chi connectivity index (χ4v) is 8.27. The Morgan fingerprint density at radius 1 is 0.304 bits per heavy atom. The van der Waals surface area contributed by atoms with Gasteiger partial charge in [0.25, 0.3) is 0 Å². The summed E-state index contributed by atoms with van der Waals surface area (Å²) in [4.78, 5) is 2.43. The lowest BCUT2D eigenvalue weighted by atomic mass is 9.95. The van der Waals surface area contributed by atoms with Crippen LogP contribution in [0.15, 0.2) is 231 Å². The molecule has 0 aliphatic carbocycles. The fraction of sp³-hybridized carbons (Fsp3) is 0. The van der Waals surface area contributed by atoms with Gasteiger partial charge in [0, 0.05) is 33.3 Å². The highest BCUT2D eigenvalue weighted by atomic mass is 15.1. The zero-order chi connectivity index (χ0) is 37.3. The van der Waals surface area contributed by atoms with Crippen molar-refractivity contribution in [3.63, 3.8) is 0 Å². The molecule has 2 nitrogen and oxygen atoms in total. The lowest BCUT2D eigenvalue weighted by Gasteiger charge is -2.30. The molecule has 264 valence electrons. The Bertz CT molecular complexity index is 2880. The Kier molecular flexibility index (Phi) is 8.55. The molecule has 0 bridgehead atoms. The fourth-order valence-electron chi connectivity index (χ4n) is 8.27. The van der Waals surface area contributed by atoms with Gasteiger partial charge >= 0.3 is 0 Å². The zero-order valence-electron chi connectivity index (χ0n) is 30.8. The van der Waals surface area contributed by atoms with E-state index < -0.39 is 0 Å². The molecule has 10 aromatic rings. The highest BCUT2D eigenvalue weighted by Crippen LogP contribution is 2.46. The summed E-state index contributed by atoms with van der Waals surface area (Å²) in [5.74, 6) is 0. The molecule has 0 radical (unpaired) electrons. The maximum atomic E-state index is 2.43. The predicted molar refractivity (Wildman–Crippen MR) is 237 cm³/mol. The minimum atomic E-state index is 1.09. The molecule has 0 saturated heterocycles. The molecule has 0 atom stereocenters. The SMILES string of the molecule is c1ccc(-c2ccccc2N(c2cccc(-c3cccc(-c4cccc5c4c4ccccc4n5-c4ccccc4)c3)c2)c2ccccc2-c2ccccc2)cc1. The first-order chi connectivity index (χ1) is 27.8. The largest absolute Gasteiger partial charge is 0.309 e. The summed E-state index contributed by atoms with van der Waals surface area (Å²) in [6.45, 7) is 0. The van der Waals surface area contributed by atoms with Gasteiger partial charge in [0.1, 0.15) is 0 Å². The van der Waals surface area contributed by atoms with Crippen LogP contribution in [0, 0.1) is 0 Å². The number of aromatic nitrogens is 1. The van der Waals surface area contributed by atoms with Crippen molar-refractivity contribution in [1.29, 1.82) is 0 Å². The number of para-hydroxylation sites is 4. The smallest absolute Gasteiger partial charge is 0.0547 e. The maximum absolute atomic E-state index is 2.43. The normalized spacial score (nSPS) is 11.2. The second kappa shape index (κ2) is 14.4. The molecular formula is C54H38N2. The number of anilines is 3. The Balaban J connectivity index is 1.14. The van der Waals surface area contributed by atoms with Crippen LogP contribution in [-0.4, -0.2) is 4.57 Å². The Labute approximate surface area is 327 Å². The number of hydrogen-bond donors (Lipinski definition) is 0. The van der Waals surface area contributed by atoms with Crippen LogP contribution in [0.4, 0.5) is 17.1 Å². The molecule has 0 aliphatic rings. The first kappa shape index (κ1) is 33.2. The van der Waals surface area contributed by atoms with E-state index in [9.17, 15) is 0 Å². The van der Waals surface area contributed by atoms with Gasteiger partial charge in [-0.3, -0.25) is 0 Å². The molecule has 56 heavy (non-hydrogen) atoms. The topological polar surface area (TPSA) is 8.17 Å². The monoisotopic (exact) mass is 714 g/mol. The highest BCUT2D eigenvalue weighted by molar-refractivity contribution is 6.16. The molecule has 0 amide bonds. The van der Waals surface area contributed by atoms with E-state index >= 15 is 0 Å². The molecule has 0 saturated carbocycles. The van der Waals surface area contributed by atoms with Gasteiger partial charge in [0.05, 0.1) is 22.4 Å². The van der Waals surface area contributed by atoms with Crippen molar-refractivity contribution in [2.24, 2.45) is 0 Å². The van der Waals surface area contributed by atoms with E-state index in [4.69, 9.17) is 0 Å². The number of hydrogen-bond acceptors (Lipinski definition) is 1. The van der Waals surface area contributed by atoms with Crippen LogP contribution in [0.5, 0.6) is 0 Å². The lowest BCUT2D eigenvalue weighted by Crippen LogP contribution is -2.12. The lowest BCUT2D eigenvalue weighted by molar-refractivity contribution is 1.18. The van der Waals surface area contributed by atoms with E-state index in [1.54, 1.807) is 0 Å². The van der Waals surface area contributed by atoms with Gasteiger partial charge in [0.2, 0.25) is 0 Å². The Hall–Kier alpha value is -7.42. The second-order valence-corrected chi connectivity index (χ2v) is 14.1. The first-order valence-corrected chi connectivity index (χ1v) is 19.2. The third kappa shape index (κ3) is 5.95. The summed E-state index contributed by atoms with van der Waals surface area (Å²) in [5.41, 5.74) is 16.3. The van der Waals surface area contributed by atoms with Gasteiger partial charge < -0.3 is 9.47 Å². The van der Waals surface area contributed by atoms with Gasteiger partial charge in [-0.1, -0.05) is 176 Å². The molecule has 2 heteroatoms. The van der Waals surface area contributed by atoms with Crippen LogP contribution in [0.3, 0.4) is 0 Å². The van der Waals surface area contributed by atoms with E-state index in [0.717, 1.165) is 28.3 Å². The molecule has 0 unspecified atom stereocenters. The molecular weight excluding hydrogens is 677 g/mol. The molecule has 0 N–H and O–H groups in total. The van der Waals surface area contributed by atoms with E-state index in [1.165, 1.54) is 60.8 Å². The Morgan fingerprint density at radius 2 is 0.768 bits per heavy atom. The molecule has 0 spiro atoms. The molecule has 1 aromatic heterocycles. The quantitative estimate of drug-likeness (QED) is 0.152. The van der Waals surface area contributed by atoms with Gasteiger partial charge in [0.15, 0.2) is 0 Å². The summed E-state index contributed by atoms with van der Waals surface area (Å²) in [6, 6.07) is 83.0. The molecule has 0 aliphatic heterocycles. The standard InChI is InChI=1S/C54H38N2/c1-4-19-39(20-5-1)46-29-10-13-33-50(46)56(51-34-14-11-30-47(51)40-21-6-2-7-22-40)45-28-17-24-42(38-45)41-23-16-25-43(37-41)48-32-18-36-53-54(48)49-31-12-15-35-52(49)55(53)44-26-8-3-9-27-44/h1-38H. The molecule has 10 rings (SSSR count). The van der Waals surface area contributed by atoms with E-state index in [-0.39, 0.29) is 0 Å². The van der Waals surface area contributed by atoms with Crippen molar-refractivity contribution in [1.82, 2.24) is 4.57 Å². The number of benzene rings is 9. The van der Waals surface area contributed by atoms with Crippen LogP contribution in [0.2, 0.25) is 0 Å². The van der Waals surface area contributed by atoms with E-state index in [0.29, 0.717) is 0 Å². The summed E-state index contributed by atoms with van der Waals surface area (Å²) < 4.78 is 2.39. The van der Waals surface area contributed by atoms with Gasteiger partial charge in [-0.25, -0.2) is 0 Å². The highest BCUT2D eigenvalue weighted by Gasteiger charge is 2.21. The van der Waals surface area contributed by atoms with Crippen LogP contribution >= 0.6 is 0 Å². The van der Waals surface area contributed by atoms with Gasteiger partial charge in [-0.15, -0.1) is 0 Å². The van der Waals surface area contributed by atoms with Crippen molar-refractivity contribution in [3.8, 4) is 50.2 Å². The first-order valence-electron chi connectivity index (χ1n) is 19.2. The van der Waals surface area contributed by atoms with Crippen molar-refractivity contribution >= 4 is 38.9 Å². The van der Waals surface area contributed by atoms with Crippen molar-refractivity contribution in [3.05, 3.63) is 231 Å². The van der Waals surface area contributed by atoms with Crippen LogP contribution < -0.4 is 4.90 Å². The minimum absolute atomic E-state index is 1.09. The van der Waals surface area contributed by atoms with Gasteiger partial charge in [-0.2, -0.15) is 0 Å². The average molecular weight is 715 g/mol. The van der Waals surface area contributed by atoms with Crippen molar-refractivity contribution in [2.75, 3.05) is 4.90 Å². The number of rotatable bonds is 8. The van der Waals surface area contributed by atoms with Crippen LogP contribution in [0.1, 0.15) is 0 Å². The summed E-state index contributed by atoms with van der Waals surface area (Å²) in [6.07, 6.45) is 0. The van der Waals surface area contributed by atoms with Gasteiger partial charge in [-0.05, 0) is 88.0 Å². The summed E-state index contributed by atoms with van der Waals surface area (Å²) in [7, 11) is 0. The minimum Gasteiger partial charge on any atom is -0.309 e. The summed E-state index contributed by atoms with van der Waals surface area (Å²) >= 11 is 0. The Morgan fingerprint density at radius 3 is 1.45 bits per heavy atom. The maximum Gasteiger partial charge on any atom is 0.0547 e. The molecule has 1 heterocycles. The zero-order valence-corrected chi connectivity index (χ0v) is 30.8. The van der Waals surface area contributed by atoms with Crippen LogP contribution in [-0.2, 0) is 0 Å². The third-order valence-electron chi connectivity index (χ3n) is 10.8. The average Bonchev–Trinajstić information content (AvgIpc) is 3.63. The van der Waals surface area contributed by atoms with Crippen LogP contribution in [0.25, 0.3) is 72.0 Å². The van der Waals surface area contributed by atoms with E-state index in [1.807, 2.05) is 0 Å². The van der Waals surface area contributed by atoms with Crippen molar-refractivity contribution in [2.45, 2.75) is 0 Å². The number of fused-ring (bicyclic) bond motifs is 3. The van der Waals surface area contributed by atoms with Crippen molar-refractivity contribution < 1.29 is 0 Å². The molecule has 9 aromatic carbocycles. The number of nitrogens with zero attached hydrogens (tertiary/aromatic N) is 2. The summed E-state index contributed by atoms with van der Waals surface area (Å²) in [5, 5.41) is 2.51. The predicted octanol–water partition coefficient (Wildman–Crippen LogP) is 14.9. The third-order valence-corrected chi connectivity index (χ3v) is 10.8. The second-order valence-electron chi connectivity index (χ2n) is 14.1.